The predicted octanol–water partition coefficient (Wildman–Crippen LogP) is 4.90. The summed E-state index contributed by atoms with van der Waals surface area (Å²) in [6.07, 6.45) is 6.25. The van der Waals surface area contributed by atoms with Gasteiger partial charge in [0.2, 0.25) is 0 Å². The van der Waals surface area contributed by atoms with E-state index in [2.05, 4.69) is 22.3 Å². The fraction of sp³-hybridized carbons (Fsp3) is 0.458. The molecule has 1 unspecified atom stereocenters. The van der Waals surface area contributed by atoms with Crippen molar-refractivity contribution in [3.8, 4) is 0 Å². The van der Waals surface area contributed by atoms with Gasteiger partial charge in [0, 0.05) is 35.6 Å². The molecule has 2 aromatic rings. The fourth-order valence-corrected chi connectivity index (χ4v) is 4.89. The van der Waals surface area contributed by atoms with Crippen LogP contribution in [0.15, 0.2) is 54.6 Å². The molecule has 1 heterocycles. The maximum atomic E-state index is 12.3. The lowest BCUT2D eigenvalue weighted by molar-refractivity contribution is 0.0876. The Labute approximate surface area is 173 Å². The second-order valence-corrected chi connectivity index (χ2v) is 8.90. The molecule has 0 aromatic heterocycles. The molecule has 0 radical (unpaired) electrons. The first kappa shape index (κ1) is 19.5. The van der Waals surface area contributed by atoms with E-state index in [1.165, 1.54) is 44.2 Å². The summed E-state index contributed by atoms with van der Waals surface area (Å²) in [5.41, 5.74) is 2.47. The first-order valence-electron chi connectivity index (χ1n) is 10.5. The number of nitrogens with one attached hydrogen (secondary N) is 1. The van der Waals surface area contributed by atoms with Crippen LogP contribution in [0.5, 0.6) is 0 Å². The molecule has 3 nitrogen and oxygen atoms in total. The average molecular weight is 397 g/mol. The Bertz CT molecular complexity index is 786. The van der Waals surface area contributed by atoms with Gasteiger partial charge in [0.1, 0.15) is 0 Å². The van der Waals surface area contributed by atoms with Gasteiger partial charge in [-0.3, -0.25) is 4.79 Å². The van der Waals surface area contributed by atoms with Crippen molar-refractivity contribution in [2.75, 3.05) is 26.2 Å². The Balaban J connectivity index is 1.33. The van der Waals surface area contributed by atoms with Crippen molar-refractivity contribution >= 4 is 17.5 Å². The minimum Gasteiger partial charge on any atom is -0.352 e. The molecule has 2 aliphatic rings. The van der Waals surface area contributed by atoms with E-state index in [1.807, 2.05) is 42.5 Å². The highest BCUT2D eigenvalue weighted by molar-refractivity contribution is 6.30. The molecule has 0 bridgehead atoms. The Morgan fingerprint density at radius 1 is 1.07 bits per heavy atom. The third kappa shape index (κ3) is 4.42. The van der Waals surface area contributed by atoms with Crippen LogP contribution < -0.4 is 5.32 Å². The van der Waals surface area contributed by atoms with Crippen molar-refractivity contribution in [3.05, 3.63) is 70.7 Å². The van der Waals surface area contributed by atoms with Gasteiger partial charge in [0.25, 0.3) is 5.91 Å². The summed E-state index contributed by atoms with van der Waals surface area (Å²) in [7, 11) is 0. The molecule has 148 valence electrons. The number of carbonyl (C=O) groups is 1. The van der Waals surface area contributed by atoms with Crippen molar-refractivity contribution in [3.63, 3.8) is 0 Å². The van der Waals surface area contributed by atoms with E-state index in [1.54, 1.807) is 0 Å². The summed E-state index contributed by atoms with van der Waals surface area (Å²) in [6, 6.07) is 18.0. The molecule has 1 atom stereocenters. The van der Waals surface area contributed by atoms with Gasteiger partial charge in [0.15, 0.2) is 0 Å². The number of hydrogen-bond acceptors (Lipinski definition) is 2. The van der Waals surface area contributed by atoms with Crippen molar-refractivity contribution in [1.29, 1.82) is 0 Å². The number of carbonyl (C=O) groups excluding carboxylic acids is 1. The van der Waals surface area contributed by atoms with Crippen LogP contribution in [0, 0.1) is 5.92 Å². The predicted molar refractivity (Wildman–Crippen MR) is 115 cm³/mol. The summed E-state index contributed by atoms with van der Waals surface area (Å²) < 4.78 is 0. The number of halogens is 1. The quantitative estimate of drug-likeness (QED) is 0.752. The van der Waals surface area contributed by atoms with Gasteiger partial charge in [0.05, 0.1) is 0 Å². The minimum atomic E-state index is 0.0364. The normalized spacial score (nSPS) is 21.7. The maximum Gasteiger partial charge on any atom is 0.251 e. The highest BCUT2D eigenvalue weighted by Crippen LogP contribution is 2.45. The zero-order valence-electron chi connectivity index (χ0n) is 16.4. The van der Waals surface area contributed by atoms with Crippen LogP contribution in [0.2, 0.25) is 5.02 Å². The maximum absolute atomic E-state index is 12.3. The largest absolute Gasteiger partial charge is 0.352 e. The molecule has 1 N–H and O–H groups in total. The van der Waals surface area contributed by atoms with Gasteiger partial charge in [-0.05, 0) is 68.0 Å². The number of benzene rings is 2. The Kier molecular flexibility index (Phi) is 6.03. The van der Waals surface area contributed by atoms with Crippen LogP contribution in [-0.2, 0) is 5.41 Å². The lowest BCUT2D eigenvalue weighted by Crippen LogP contribution is -2.50. The lowest BCUT2D eigenvalue weighted by Gasteiger charge is -2.47. The number of rotatable bonds is 6. The van der Waals surface area contributed by atoms with Crippen LogP contribution in [0.4, 0.5) is 0 Å². The summed E-state index contributed by atoms with van der Waals surface area (Å²) in [6.45, 7) is 4.12. The van der Waals surface area contributed by atoms with E-state index in [-0.39, 0.29) is 5.91 Å². The van der Waals surface area contributed by atoms with Crippen LogP contribution in [0.25, 0.3) is 0 Å². The molecular weight excluding hydrogens is 368 g/mol. The molecule has 28 heavy (non-hydrogen) atoms. The monoisotopic (exact) mass is 396 g/mol. The third-order valence-electron chi connectivity index (χ3n) is 6.48. The lowest BCUT2D eigenvalue weighted by atomic mass is 9.64. The van der Waals surface area contributed by atoms with E-state index in [0.717, 1.165) is 30.2 Å². The molecule has 4 rings (SSSR count). The third-order valence-corrected chi connectivity index (χ3v) is 6.74. The average Bonchev–Trinajstić information content (AvgIpc) is 2.71. The van der Waals surface area contributed by atoms with Gasteiger partial charge in [-0.25, -0.2) is 0 Å². The van der Waals surface area contributed by atoms with Gasteiger partial charge in [-0.2, -0.15) is 0 Å². The molecule has 2 aromatic carbocycles. The molecule has 1 saturated carbocycles. The van der Waals surface area contributed by atoms with Crippen molar-refractivity contribution in [1.82, 2.24) is 10.2 Å². The zero-order valence-corrected chi connectivity index (χ0v) is 17.1. The van der Waals surface area contributed by atoms with E-state index < -0.39 is 0 Å². The van der Waals surface area contributed by atoms with Crippen LogP contribution in [0.1, 0.15) is 48.0 Å². The van der Waals surface area contributed by atoms with Crippen LogP contribution >= 0.6 is 11.6 Å². The fourth-order valence-electron chi connectivity index (χ4n) is 4.76. The topological polar surface area (TPSA) is 32.3 Å². The summed E-state index contributed by atoms with van der Waals surface area (Å²) >= 11 is 6.09. The van der Waals surface area contributed by atoms with Gasteiger partial charge in [-0.15, -0.1) is 0 Å². The summed E-state index contributed by atoms with van der Waals surface area (Å²) in [5, 5.41) is 3.95. The molecule has 1 saturated heterocycles. The SMILES string of the molecule is O=C(NCC1CCCN(CC2(c3ccc(Cl)cc3)CCC2)C1)c1ccccc1. The molecule has 1 aliphatic carbocycles. The number of piperidine rings is 1. The van der Waals surface area contributed by atoms with Crippen molar-refractivity contribution < 1.29 is 4.79 Å². The van der Waals surface area contributed by atoms with Gasteiger partial charge < -0.3 is 10.2 Å². The molecular formula is C24H29ClN2O. The Morgan fingerprint density at radius 3 is 2.50 bits per heavy atom. The van der Waals surface area contributed by atoms with Crippen LogP contribution in [0.3, 0.4) is 0 Å². The molecule has 1 amide bonds. The van der Waals surface area contributed by atoms with Gasteiger partial charge >= 0.3 is 0 Å². The molecule has 0 spiro atoms. The second-order valence-electron chi connectivity index (χ2n) is 8.46. The highest BCUT2D eigenvalue weighted by Gasteiger charge is 2.40. The Hall–Kier alpha value is -1.84. The van der Waals surface area contributed by atoms with Crippen molar-refractivity contribution in [2.45, 2.75) is 37.5 Å². The van der Waals surface area contributed by atoms with Gasteiger partial charge in [-0.1, -0.05) is 48.4 Å². The van der Waals surface area contributed by atoms with E-state index in [9.17, 15) is 4.79 Å². The van der Waals surface area contributed by atoms with E-state index in [4.69, 9.17) is 11.6 Å². The number of amides is 1. The number of likely N-dealkylation sites (tertiary alicyclic amines) is 1. The molecule has 4 heteroatoms. The standard InChI is InChI=1S/C24H29ClN2O/c25-22-11-9-21(10-12-22)24(13-5-14-24)18-27-15-4-6-19(17-27)16-26-23(28)20-7-2-1-3-8-20/h1-3,7-12,19H,4-6,13-18H2,(H,26,28). The van der Waals surface area contributed by atoms with Crippen LogP contribution in [-0.4, -0.2) is 37.0 Å². The highest BCUT2D eigenvalue weighted by atomic mass is 35.5. The summed E-state index contributed by atoms with van der Waals surface area (Å²) in [4.78, 5) is 15.0. The molecule has 2 fully saturated rings. The first-order chi connectivity index (χ1) is 13.6. The number of nitrogens with zero attached hydrogens (tertiary/aromatic N) is 1. The number of hydrogen-bond donors (Lipinski definition) is 1. The van der Waals surface area contributed by atoms with E-state index in [0.29, 0.717) is 11.3 Å². The minimum absolute atomic E-state index is 0.0364. The Morgan fingerprint density at radius 2 is 1.82 bits per heavy atom. The molecule has 1 aliphatic heterocycles. The van der Waals surface area contributed by atoms with Crippen molar-refractivity contribution in [2.24, 2.45) is 5.92 Å². The smallest absolute Gasteiger partial charge is 0.251 e. The summed E-state index contributed by atoms with van der Waals surface area (Å²) in [5.74, 6) is 0.568. The zero-order chi connectivity index (χ0) is 19.4. The van der Waals surface area contributed by atoms with E-state index >= 15 is 0 Å². The second kappa shape index (κ2) is 8.67. The first-order valence-corrected chi connectivity index (χ1v) is 10.8.